The maximum absolute atomic E-state index is 13.4. The van der Waals surface area contributed by atoms with Crippen molar-refractivity contribution in [2.45, 2.75) is 6.54 Å². The summed E-state index contributed by atoms with van der Waals surface area (Å²) in [6, 6.07) is 12.5. The predicted octanol–water partition coefficient (Wildman–Crippen LogP) is 3.03. The van der Waals surface area contributed by atoms with Crippen molar-refractivity contribution in [2.75, 3.05) is 26.2 Å². The Morgan fingerprint density at radius 1 is 0.964 bits per heavy atom. The third-order valence-corrected chi connectivity index (χ3v) is 4.92. The normalized spacial score (nSPS) is 15.1. The maximum atomic E-state index is 13.4. The standard InChI is InChI=1S/C21H18F2N2O3/c22-17-6-5-14(11-18(17)23)13-24-7-9-25(10-8-24)20(26)16-12-15-3-1-2-4-19(15)28-21(16)27/h1-6,11-12H,7-10,13H2. The summed E-state index contributed by atoms with van der Waals surface area (Å²) in [6.45, 7) is 2.49. The molecule has 0 aliphatic carbocycles. The molecule has 3 aromatic rings. The number of carbonyl (C=O) groups excluding carboxylic acids is 1. The Hall–Kier alpha value is -3.06. The molecule has 1 fully saturated rings. The third kappa shape index (κ3) is 3.66. The van der Waals surface area contributed by atoms with Crippen LogP contribution in [0.4, 0.5) is 8.78 Å². The first-order valence-corrected chi connectivity index (χ1v) is 9.00. The lowest BCUT2D eigenvalue weighted by molar-refractivity contribution is 0.0624. The fourth-order valence-electron chi connectivity index (χ4n) is 3.39. The van der Waals surface area contributed by atoms with Crippen molar-refractivity contribution in [1.82, 2.24) is 9.80 Å². The Morgan fingerprint density at radius 3 is 2.46 bits per heavy atom. The summed E-state index contributed by atoms with van der Waals surface area (Å²) in [7, 11) is 0. The molecule has 28 heavy (non-hydrogen) atoms. The van der Waals surface area contributed by atoms with Crippen LogP contribution >= 0.6 is 0 Å². The van der Waals surface area contributed by atoms with Crippen LogP contribution < -0.4 is 5.63 Å². The highest BCUT2D eigenvalue weighted by Gasteiger charge is 2.25. The Morgan fingerprint density at radius 2 is 1.71 bits per heavy atom. The van der Waals surface area contributed by atoms with E-state index in [2.05, 4.69) is 4.90 Å². The van der Waals surface area contributed by atoms with Gasteiger partial charge in [-0.15, -0.1) is 0 Å². The first-order chi connectivity index (χ1) is 13.5. The second kappa shape index (κ2) is 7.52. The summed E-state index contributed by atoms with van der Waals surface area (Å²) >= 11 is 0. The van der Waals surface area contributed by atoms with E-state index >= 15 is 0 Å². The number of amides is 1. The molecule has 0 unspecified atom stereocenters. The maximum Gasteiger partial charge on any atom is 0.349 e. The van der Waals surface area contributed by atoms with Crippen molar-refractivity contribution in [3.05, 3.63) is 81.7 Å². The first kappa shape index (κ1) is 18.3. The summed E-state index contributed by atoms with van der Waals surface area (Å²) in [5.74, 6) is -2.09. The lowest BCUT2D eigenvalue weighted by Crippen LogP contribution is -2.49. The monoisotopic (exact) mass is 384 g/mol. The van der Waals surface area contributed by atoms with Crippen LogP contribution in [0, 0.1) is 11.6 Å². The van der Waals surface area contributed by atoms with E-state index < -0.39 is 17.3 Å². The van der Waals surface area contributed by atoms with Crippen LogP contribution in [0.25, 0.3) is 11.0 Å². The summed E-state index contributed by atoms with van der Waals surface area (Å²) in [4.78, 5) is 28.6. The molecule has 144 valence electrons. The number of halogens is 2. The molecule has 1 aromatic heterocycles. The molecule has 0 radical (unpaired) electrons. The summed E-state index contributed by atoms with van der Waals surface area (Å²) in [6.07, 6.45) is 0. The fraction of sp³-hybridized carbons (Fsp3) is 0.238. The Balaban J connectivity index is 1.43. The van der Waals surface area contributed by atoms with Gasteiger partial charge in [0, 0.05) is 38.1 Å². The summed E-state index contributed by atoms with van der Waals surface area (Å²) in [5.41, 5.74) is 0.495. The van der Waals surface area contributed by atoms with E-state index in [9.17, 15) is 18.4 Å². The lowest BCUT2D eigenvalue weighted by Gasteiger charge is -2.34. The minimum atomic E-state index is -0.867. The third-order valence-electron chi connectivity index (χ3n) is 4.92. The number of benzene rings is 2. The Kier molecular flexibility index (Phi) is 4.92. The van der Waals surface area contributed by atoms with Crippen LogP contribution in [-0.2, 0) is 6.54 Å². The van der Waals surface area contributed by atoms with Gasteiger partial charge in [0.1, 0.15) is 11.1 Å². The highest BCUT2D eigenvalue weighted by Crippen LogP contribution is 2.16. The second-order valence-electron chi connectivity index (χ2n) is 6.80. The molecule has 0 spiro atoms. The van der Waals surface area contributed by atoms with Gasteiger partial charge in [-0.25, -0.2) is 13.6 Å². The van der Waals surface area contributed by atoms with Crippen LogP contribution in [0.1, 0.15) is 15.9 Å². The molecule has 2 aromatic carbocycles. The quantitative estimate of drug-likeness (QED) is 0.652. The Labute approximate surface area is 159 Å². The number of rotatable bonds is 3. The van der Waals surface area contributed by atoms with Gasteiger partial charge in [0.25, 0.3) is 5.91 Å². The number of carbonyl (C=O) groups is 1. The molecule has 1 saturated heterocycles. The van der Waals surface area contributed by atoms with Gasteiger partial charge in [-0.1, -0.05) is 24.3 Å². The van der Waals surface area contributed by atoms with Crippen molar-refractivity contribution in [2.24, 2.45) is 0 Å². The van der Waals surface area contributed by atoms with Gasteiger partial charge in [0.2, 0.25) is 0 Å². The van der Waals surface area contributed by atoms with Crippen molar-refractivity contribution < 1.29 is 18.0 Å². The SMILES string of the molecule is O=C(c1cc2ccccc2oc1=O)N1CCN(Cc2ccc(F)c(F)c2)CC1. The molecule has 1 amide bonds. The van der Waals surface area contributed by atoms with Gasteiger partial charge in [0.05, 0.1) is 0 Å². The molecular weight excluding hydrogens is 366 g/mol. The van der Waals surface area contributed by atoms with E-state index in [1.54, 1.807) is 35.2 Å². The average molecular weight is 384 g/mol. The number of piperazine rings is 1. The van der Waals surface area contributed by atoms with E-state index in [-0.39, 0.29) is 11.5 Å². The first-order valence-electron chi connectivity index (χ1n) is 9.00. The van der Waals surface area contributed by atoms with Crippen LogP contribution in [0.3, 0.4) is 0 Å². The highest BCUT2D eigenvalue weighted by molar-refractivity contribution is 5.96. The molecular formula is C21H18F2N2O3. The van der Waals surface area contributed by atoms with E-state index in [0.29, 0.717) is 49.3 Å². The number of hydrogen-bond acceptors (Lipinski definition) is 4. The lowest BCUT2D eigenvalue weighted by atomic mass is 10.1. The Bertz CT molecular complexity index is 1090. The molecule has 1 aliphatic heterocycles. The van der Waals surface area contributed by atoms with Gasteiger partial charge in [-0.3, -0.25) is 9.69 Å². The van der Waals surface area contributed by atoms with E-state index in [1.165, 1.54) is 6.07 Å². The number of fused-ring (bicyclic) bond motifs is 1. The fourth-order valence-corrected chi connectivity index (χ4v) is 3.39. The molecule has 4 rings (SSSR count). The van der Waals surface area contributed by atoms with Gasteiger partial charge in [-0.05, 0) is 29.8 Å². The zero-order valence-electron chi connectivity index (χ0n) is 15.0. The van der Waals surface area contributed by atoms with E-state index in [4.69, 9.17) is 4.42 Å². The smallest absolute Gasteiger partial charge is 0.349 e. The molecule has 5 nitrogen and oxygen atoms in total. The van der Waals surface area contributed by atoms with Crippen molar-refractivity contribution in [1.29, 1.82) is 0 Å². The number of nitrogens with zero attached hydrogens (tertiary/aromatic N) is 2. The van der Waals surface area contributed by atoms with Crippen molar-refractivity contribution >= 4 is 16.9 Å². The molecule has 0 saturated carbocycles. The number of para-hydroxylation sites is 1. The molecule has 0 bridgehead atoms. The van der Waals surface area contributed by atoms with Gasteiger partial charge in [-0.2, -0.15) is 0 Å². The molecule has 1 aliphatic rings. The van der Waals surface area contributed by atoms with Crippen LogP contribution in [0.5, 0.6) is 0 Å². The minimum Gasteiger partial charge on any atom is -0.422 e. The number of hydrogen-bond donors (Lipinski definition) is 0. The van der Waals surface area contributed by atoms with E-state index in [1.807, 2.05) is 6.07 Å². The van der Waals surface area contributed by atoms with Crippen LogP contribution in [0.15, 0.2) is 57.7 Å². The van der Waals surface area contributed by atoms with Crippen LogP contribution in [0.2, 0.25) is 0 Å². The molecule has 0 atom stereocenters. The van der Waals surface area contributed by atoms with Crippen molar-refractivity contribution in [3.63, 3.8) is 0 Å². The summed E-state index contributed by atoms with van der Waals surface area (Å²) < 4.78 is 31.6. The second-order valence-corrected chi connectivity index (χ2v) is 6.80. The van der Waals surface area contributed by atoms with E-state index in [0.717, 1.165) is 6.07 Å². The van der Waals surface area contributed by atoms with Gasteiger partial charge < -0.3 is 9.32 Å². The summed E-state index contributed by atoms with van der Waals surface area (Å²) in [5, 5.41) is 0.697. The zero-order valence-corrected chi connectivity index (χ0v) is 15.0. The molecule has 7 heteroatoms. The van der Waals surface area contributed by atoms with Gasteiger partial charge in [0.15, 0.2) is 11.6 Å². The largest absolute Gasteiger partial charge is 0.422 e. The van der Waals surface area contributed by atoms with Crippen molar-refractivity contribution in [3.8, 4) is 0 Å². The highest BCUT2D eigenvalue weighted by atomic mass is 19.2. The topological polar surface area (TPSA) is 53.8 Å². The van der Waals surface area contributed by atoms with Crippen LogP contribution in [-0.4, -0.2) is 41.9 Å². The zero-order chi connectivity index (χ0) is 19.7. The predicted molar refractivity (Wildman–Crippen MR) is 100 cm³/mol. The molecule has 0 N–H and O–H groups in total. The minimum absolute atomic E-state index is 0.0211. The average Bonchev–Trinajstić information content (AvgIpc) is 2.70. The van der Waals surface area contributed by atoms with Gasteiger partial charge >= 0.3 is 5.63 Å². The molecule has 2 heterocycles.